The van der Waals surface area contributed by atoms with Gasteiger partial charge < -0.3 is 10.6 Å². The number of halogens is 2. The van der Waals surface area contributed by atoms with Gasteiger partial charge in [0.15, 0.2) is 0 Å². The second kappa shape index (κ2) is 5.87. The van der Waals surface area contributed by atoms with Crippen molar-refractivity contribution in [3.8, 4) is 0 Å². The summed E-state index contributed by atoms with van der Waals surface area (Å²) in [5, 5.41) is 6.88. The molecule has 21 heavy (non-hydrogen) atoms. The van der Waals surface area contributed by atoms with Gasteiger partial charge in [-0.15, -0.1) is 0 Å². The maximum absolute atomic E-state index is 11.8. The Morgan fingerprint density at radius 3 is 2.52 bits per heavy atom. The Balaban J connectivity index is 1.70. The van der Waals surface area contributed by atoms with E-state index in [1.807, 2.05) is 0 Å². The number of aromatic nitrogens is 2. The first-order chi connectivity index (χ1) is 10.1. The van der Waals surface area contributed by atoms with E-state index < -0.39 is 0 Å². The lowest BCUT2D eigenvalue weighted by Crippen LogP contribution is -2.25. The van der Waals surface area contributed by atoms with E-state index in [0.717, 1.165) is 12.8 Å². The Morgan fingerprint density at radius 2 is 1.90 bits per heavy atom. The highest BCUT2D eigenvalue weighted by Gasteiger charge is 2.24. The molecule has 1 aliphatic rings. The van der Waals surface area contributed by atoms with Crippen molar-refractivity contribution in [1.82, 2.24) is 15.3 Å². The minimum absolute atomic E-state index is 0.145. The molecule has 1 aromatic carbocycles. The van der Waals surface area contributed by atoms with Gasteiger partial charge in [-0.25, -0.2) is 9.97 Å². The van der Waals surface area contributed by atoms with Crippen LogP contribution in [0.5, 0.6) is 0 Å². The monoisotopic (exact) mass is 322 g/mol. The van der Waals surface area contributed by atoms with Crippen molar-refractivity contribution in [3.05, 3.63) is 46.2 Å². The van der Waals surface area contributed by atoms with Gasteiger partial charge in [0.25, 0.3) is 5.91 Å². The molecule has 2 N–H and O–H groups in total. The Bertz CT molecular complexity index is 671. The predicted octanol–water partition coefficient (Wildman–Crippen LogP) is 3.42. The van der Waals surface area contributed by atoms with Gasteiger partial charge in [-0.1, -0.05) is 23.2 Å². The zero-order valence-corrected chi connectivity index (χ0v) is 12.4. The molecule has 1 saturated carbocycles. The fourth-order valence-corrected chi connectivity index (χ4v) is 2.17. The number of carbonyl (C=O) groups excluding carboxylic acids is 1. The van der Waals surface area contributed by atoms with Crippen molar-refractivity contribution in [2.24, 2.45) is 0 Å². The molecule has 0 spiro atoms. The number of carbonyl (C=O) groups is 1. The molecule has 0 bridgehead atoms. The van der Waals surface area contributed by atoms with E-state index in [-0.39, 0.29) is 5.91 Å². The smallest absolute Gasteiger partial charge is 0.254 e. The van der Waals surface area contributed by atoms with Gasteiger partial charge in [0.05, 0.1) is 16.3 Å². The summed E-state index contributed by atoms with van der Waals surface area (Å²) in [5.74, 6) is 0.218. The van der Waals surface area contributed by atoms with Crippen LogP contribution in [0.15, 0.2) is 30.6 Å². The first-order valence-electron chi connectivity index (χ1n) is 6.47. The molecule has 0 atom stereocenters. The van der Waals surface area contributed by atoms with Crippen LogP contribution in [0.4, 0.5) is 11.6 Å². The number of anilines is 2. The van der Waals surface area contributed by atoms with Crippen LogP contribution in [0.3, 0.4) is 0 Å². The molecule has 0 saturated heterocycles. The summed E-state index contributed by atoms with van der Waals surface area (Å²) in [6, 6.07) is 5.39. The Labute approximate surface area is 131 Å². The molecular weight excluding hydrogens is 311 g/mol. The summed E-state index contributed by atoms with van der Waals surface area (Å²) in [5.41, 5.74) is 1.09. The van der Waals surface area contributed by atoms with Crippen LogP contribution >= 0.6 is 23.2 Å². The highest BCUT2D eigenvalue weighted by molar-refractivity contribution is 6.36. The van der Waals surface area contributed by atoms with E-state index in [1.165, 1.54) is 12.4 Å². The molecule has 1 amide bonds. The highest BCUT2D eigenvalue weighted by Crippen LogP contribution is 2.27. The van der Waals surface area contributed by atoms with Crippen LogP contribution in [0.1, 0.15) is 23.2 Å². The van der Waals surface area contributed by atoms with Crippen LogP contribution < -0.4 is 10.6 Å². The summed E-state index contributed by atoms with van der Waals surface area (Å²) in [4.78, 5) is 20.0. The SMILES string of the molecule is O=C(NC1CC1)c1cnc(Nc2ccc(Cl)cc2Cl)nc1. The largest absolute Gasteiger partial charge is 0.349 e. The maximum atomic E-state index is 11.8. The first kappa shape index (κ1) is 14.1. The molecule has 1 fully saturated rings. The number of nitrogens with zero attached hydrogens (tertiary/aromatic N) is 2. The minimum Gasteiger partial charge on any atom is -0.349 e. The number of amides is 1. The third-order valence-corrected chi connectivity index (χ3v) is 3.55. The lowest BCUT2D eigenvalue weighted by Gasteiger charge is -2.07. The summed E-state index contributed by atoms with van der Waals surface area (Å²) in [6.07, 6.45) is 5.05. The predicted molar refractivity (Wildman–Crippen MR) is 82.3 cm³/mol. The van der Waals surface area contributed by atoms with Crippen LogP contribution in [0, 0.1) is 0 Å². The minimum atomic E-state index is -0.145. The van der Waals surface area contributed by atoms with Crippen molar-refractivity contribution in [2.75, 3.05) is 5.32 Å². The average Bonchev–Trinajstić information content (AvgIpc) is 3.26. The second-order valence-corrected chi connectivity index (χ2v) is 5.64. The zero-order valence-electron chi connectivity index (χ0n) is 10.9. The topological polar surface area (TPSA) is 66.9 Å². The van der Waals surface area contributed by atoms with E-state index in [2.05, 4.69) is 20.6 Å². The fourth-order valence-electron chi connectivity index (χ4n) is 1.72. The quantitative estimate of drug-likeness (QED) is 0.905. The summed E-state index contributed by atoms with van der Waals surface area (Å²) >= 11 is 11.9. The van der Waals surface area contributed by atoms with Crippen LogP contribution in [0.2, 0.25) is 10.0 Å². The van der Waals surface area contributed by atoms with Gasteiger partial charge in [0.2, 0.25) is 5.95 Å². The normalized spacial score (nSPS) is 13.8. The maximum Gasteiger partial charge on any atom is 0.254 e. The number of nitrogens with one attached hydrogen (secondary N) is 2. The van der Waals surface area contributed by atoms with Gasteiger partial charge in [-0.2, -0.15) is 0 Å². The summed E-state index contributed by atoms with van der Waals surface area (Å²) in [6.45, 7) is 0. The van der Waals surface area contributed by atoms with E-state index in [1.54, 1.807) is 18.2 Å². The molecule has 5 nitrogen and oxygen atoms in total. The third kappa shape index (κ3) is 3.62. The van der Waals surface area contributed by atoms with Crippen molar-refractivity contribution in [2.45, 2.75) is 18.9 Å². The van der Waals surface area contributed by atoms with Gasteiger partial charge in [-0.05, 0) is 31.0 Å². The Kier molecular flexibility index (Phi) is 3.94. The molecule has 1 aliphatic carbocycles. The van der Waals surface area contributed by atoms with Crippen LogP contribution in [-0.4, -0.2) is 21.9 Å². The average molecular weight is 323 g/mol. The number of benzene rings is 1. The lowest BCUT2D eigenvalue weighted by atomic mass is 10.3. The number of hydrogen-bond acceptors (Lipinski definition) is 4. The molecule has 0 unspecified atom stereocenters. The highest BCUT2D eigenvalue weighted by atomic mass is 35.5. The van der Waals surface area contributed by atoms with Gasteiger partial charge in [0, 0.05) is 23.5 Å². The fraction of sp³-hybridized carbons (Fsp3) is 0.214. The van der Waals surface area contributed by atoms with Crippen molar-refractivity contribution >= 4 is 40.7 Å². The van der Waals surface area contributed by atoms with E-state index in [9.17, 15) is 4.79 Å². The summed E-state index contributed by atoms with van der Waals surface area (Å²) < 4.78 is 0. The third-order valence-electron chi connectivity index (χ3n) is 3.00. The number of hydrogen-bond donors (Lipinski definition) is 2. The molecule has 2 aromatic rings. The van der Waals surface area contributed by atoms with Crippen molar-refractivity contribution < 1.29 is 4.79 Å². The summed E-state index contributed by atoms with van der Waals surface area (Å²) in [7, 11) is 0. The standard InChI is InChI=1S/C14H12Cl2N4O/c15-9-1-4-12(11(16)5-9)20-14-17-6-8(7-18-14)13(21)19-10-2-3-10/h1,4-7,10H,2-3H2,(H,19,21)(H,17,18,20). The second-order valence-electron chi connectivity index (χ2n) is 4.79. The molecule has 0 aliphatic heterocycles. The van der Waals surface area contributed by atoms with Crippen molar-refractivity contribution in [1.29, 1.82) is 0 Å². The molecule has 7 heteroatoms. The molecule has 0 radical (unpaired) electrons. The van der Waals surface area contributed by atoms with E-state index in [4.69, 9.17) is 23.2 Å². The van der Waals surface area contributed by atoms with E-state index >= 15 is 0 Å². The molecule has 108 valence electrons. The van der Waals surface area contributed by atoms with Gasteiger partial charge in [-0.3, -0.25) is 4.79 Å². The van der Waals surface area contributed by atoms with E-state index in [0.29, 0.717) is 33.3 Å². The Morgan fingerprint density at radius 1 is 1.19 bits per heavy atom. The first-order valence-corrected chi connectivity index (χ1v) is 7.22. The number of rotatable bonds is 4. The molecule has 1 heterocycles. The van der Waals surface area contributed by atoms with Crippen LogP contribution in [-0.2, 0) is 0 Å². The lowest BCUT2D eigenvalue weighted by molar-refractivity contribution is 0.0950. The molecule has 1 aromatic heterocycles. The zero-order chi connectivity index (χ0) is 14.8. The molecular formula is C14H12Cl2N4O. The van der Waals surface area contributed by atoms with Gasteiger partial charge in [0.1, 0.15) is 0 Å². The van der Waals surface area contributed by atoms with Gasteiger partial charge >= 0.3 is 0 Å². The Hall–Kier alpha value is -1.85. The van der Waals surface area contributed by atoms with Crippen LogP contribution in [0.25, 0.3) is 0 Å². The van der Waals surface area contributed by atoms with Crippen molar-refractivity contribution in [3.63, 3.8) is 0 Å². The molecule has 3 rings (SSSR count).